The molecule has 2 amide bonds. The summed E-state index contributed by atoms with van der Waals surface area (Å²) in [4.78, 5) is 46.8. The number of aromatic nitrogens is 1. The third kappa shape index (κ3) is 5.11. The molecular weight excluding hydrogens is 298 g/mol. The molecule has 1 aromatic rings. The molecule has 118 valence electrons. The first-order chi connectivity index (χ1) is 10.5. The highest BCUT2D eigenvalue weighted by Gasteiger charge is 2.12. The SMILES string of the molecule is CN(N=O)C(=O)OCc1cccc(COC(=O)N(C)N=O)n1. The van der Waals surface area contributed by atoms with Gasteiger partial charge >= 0.3 is 12.2 Å². The summed E-state index contributed by atoms with van der Waals surface area (Å²) in [7, 11) is 2.30. The molecule has 0 radical (unpaired) electrons. The van der Waals surface area contributed by atoms with Gasteiger partial charge in [-0.25, -0.2) is 9.59 Å². The zero-order valence-electron chi connectivity index (χ0n) is 11.8. The molecule has 0 aliphatic heterocycles. The van der Waals surface area contributed by atoms with E-state index in [1.165, 1.54) is 0 Å². The van der Waals surface area contributed by atoms with E-state index < -0.39 is 12.2 Å². The summed E-state index contributed by atoms with van der Waals surface area (Å²) in [5.41, 5.74) is 0.756. The summed E-state index contributed by atoms with van der Waals surface area (Å²) in [6.07, 6.45) is -1.85. The molecule has 22 heavy (non-hydrogen) atoms. The van der Waals surface area contributed by atoms with E-state index in [9.17, 15) is 19.4 Å². The van der Waals surface area contributed by atoms with Crippen LogP contribution < -0.4 is 0 Å². The first kappa shape index (κ1) is 16.9. The number of carbonyl (C=O) groups excluding carboxylic acids is 2. The van der Waals surface area contributed by atoms with Gasteiger partial charge in [0.1, 0.15) is 13.2 Å². The maximum Gasteiger partial charge on any atom is 0.433 e. The molecule has 0 aromatic carbocycles. The van der Waals surface area contributed by atoms with Gasteiger partial charge in [-0.05, 0) is 12.1 Å². The lowest BCUT2D eigenvalue weighted by Crippen LogP contribution is -2.22. The monoisotopic (exact) mass is 311 g/mol. The van der Waals surface area contributed by atoms with Crippen LogP contribution in [-0.4, -0.2) is 41.3 Å². The number of hydrogen-bond acceptors (Lipinski definition) is 9. The molecule has 0 saturated carbocycles. The second-order valence-electron chi connectivity index (χ2n) is 3.94. The van der Waals surface area contributed by atoms with Gasteiger partial charge in [-0.15, -0.1) is 9.81 Å². The number of hydrogen-bond donors (Lipinski definition) is 0. The maximum absolute atomic E-state index is 11.2. The maximum atomic E-state index is 11.2. The van der Waals surface area contributed by atoms with Crippen LogP contribution in [0.1, 0.15) is 11.4 Å². The highest BCUT2D eigenvalue weighted by molar-refractivity contribution is 5.67. The lowest BCUT2D eigenvalue weighted by atomic mass is 10.3. The standard InChI is InChI=1S/C11H13N5O6/c1-15(13-19)10(17)21-6-8-4-3-5-9(12-8)7-22-11(18)16(2)14-20/h3-5H,6-7H2,1-2H3. The van der Waals surface area contributed by atoms with Crippen LogP contribution in [-0.2, 0) is 22.7 Å². The number of nitroso groups, excluding NO2 is 2. The highest BCUT2D eigenvalue weighted by atomic mass is 16.6. The van der Waals surface area contributed by atoms with Crippen molar-refractivity contribution >= 4 is 12.2 Å². The van der Waals surface area contributed by atoms with E-state index in [2.05, 4.69) is 15.6 Å². The molecule has 0 spiro atoms. The van der Waals surface area contributed by atoms with Crippen LogP contribution in [0, 0.1) is 9.81 Å². The predicted molar refractivity (Wildman–Crippen MR) is 71.7 cm³/mol. The van der Waals surface area contributed by atoms with Gasteiger partial charge in [0.25, 0.3) is 0 Å². The van der Waals surface area contributed by atoms with Crippen LogP contribution >= 0.6 is 0 Å². The van der Waals surface area contributed by atoms with Gasteiger partial charge in [-0.1, -0.05) is 6.07 Å². The molecule has 0 aliphatic carbocycles. The van der Waals surface area contributed by atoms with Crippen molar-refractivity contribution in [1.29, 1.82) is 0 Å². The summed E-state index contributed by atoms with van der Waals surface area (Å²) in [6.45, 7) is -0.369. The van der Waals surface area contributed by atoms with Crippen LogP contribution in [0.5, 0.6) is 0 Å². The quantitative estimate of drug-likeness (QED) is 0.575. The lowest BCUT2D eigenvalue weighted by molar-refractivity contribution is 0.102. The smallest absolute Gasteiger partial charge is 0.433 e. The fourth-order valence-corrected chi connectivity index (χ4v) is 1.21. The lowest BCUT2D eigenvalue weighted by Gasteiger charge is -2.10. The molecule has 1 heterocycles. The molecule has 0 N–H and O–H groups in total. The first-order valence-corrected chi connectivity index (χ1v) is 5.90. The Labute approximate surface area is 124 Å². The second kappa shape index (κ2) is 8.24. The molecule has 0 unspecified atom stereocenters. The molecule has 0 aliphatic rings. The van der Waals surface area contributed by atoms with Gasteiger partial charge in [0.05, 0.1) is 22.0 Å². The summed E-state index contributed by atoms with van der Waals surface area (Å²) in [5.74, 6) is 0. The van der Waals surface area contributed by atoms with E-state index in [4.69, 9.17) is 9.47 Å². The van der Waals surface area contributed by atoms with Crippen LogP contribution in [0.4, 0.5) is 9.59 Å². The summed E-state index contributed by atoms with van der Waals surface area (Å²) >= 11 is 0. The number of ether oxygens (including phenoxy) is 2. The number of pyridine rings is 1. The minimum Gasteiger partial charge on any atom is -0.442 e. The Morgan fingerprint density at radius 2 is 1.41 bits per heavy atom. The van der Waals surface area contributed by atoms with Crippen LogP contribution in [0.25, 0.3) is 0 Å². The summed E-state index contributed by atoms with van der Waals surface area (Å²) in [5, 5.41) is 5.75. The van der Waals surface area contributed by atoms with Crippen molar-refractivity contribution in [1.82, 2.24) is 15.0 Å². The van der Waals surface area contributed by atoms with Gasteiger partial charge in [-0.2, -0.15) is 10.0 Å². The number of carbonyl (C=O) groups is 2. The first-order valence-electron chi connectivity index (χ1n) is 5.90. The Kier molecular flexibility index (Phi) is 6.34. The van der Waals surface area contributed by atoms with Crippen LogP contribution in [0.15, 0.2) is 28.8 Å². The van der Waals surface area contributed by atoms with E-state index in [1.54, 1.807) is 18.2 Å². The van der Waals surface area contributed by atoms with Crippen molar-refractivity contribution in [2.24, 2.45) is 10.6 Å². The summed E-state index contributed by atoms with van der Waals surface area (Å²) < 4.78 is 9.55. The normalized spacial score (nSPS) is 9.55. The number of rotatable bonds is 6. The summed E-state index contributed by atoms with van der Waals surface area (Å²) in [6, 6.07) is 4.76. The fraction of sp³-hybridized carbons (Fsp3) is 0.364. The van der Waals surface area contributed by atoms with Crippen LogP contribution in [0.3, 0.4) is 0 Å². The van der Waals surface area contributed by atoms with E-state index in [-0.39, 0.29) is 13.2 Å². The molecule has 0 bridgehead atoms. The molecule has 11 nitrogen and oxygen atoms in total. The molecular formula is C11H13N5O6. The topological polar surface area (TPSA) is 131 Å². The van der Waals surface area contributed by atoms with Crippen molar-refractivity contribution in [2.45, 2.75) is 13.2 Å². The van der Waals surface area contributed by atoms with Gasteiger partial charge in [0, 0.05) is 14.1 Å². The van der Waals surface area contributed by atoms with E-state index in [0.29, 0.717) is 21.4 Å². The largest absolute Gasteiger partial charge is 0.442 e. The van der Waals surface area contributed by atoms with E-state index in [0.717, 1.165) is 14.1 Å². The van der Waals surface area contributed by atoms with Gasteiger partial charge in [-0.3, -0.25) is 4.98 Å². The zero-order valence-corrected chi connectivity index (χ0v) is 11.8. The zero-order chi connectivity index (χ0) is 16.5. The molecule has 0 saturated heterocycles. The van der Waals surface area contributed by atoms with Crippen molar-refractivity contribution in [3.05, 3.63) is 39.4 Å². The van der Waals surface area contributed by atoms with E-state index in [1.807, 2.05) is 0 Å². The van der Waals surface area contributed by atoms with Crippen molar-refractivity contribution in [3.8, 4) is 0 Å². The number of nitrogens with zero attached hydrogens (tertiary/aromatic N) is 5. The fourth-order valence-electron chi connectivity index (χ4n) is 1.21. The third-order valence-corrected chi connectivity index (χ3v) is 2.32. The average molecular weight is 311 g/mol. The average Bonchev–Trinajstić information content (AvgIpc) is 2.56. The molecule has 0 fully saturated rings. The van der Waals surface area contributed by atoms with Crippen molar-refractivity contribution in [3.63, 3.8) is 0 Å². The van der Waals surface area contributed by atoms with Crippen LogP contribution in [0.2, 0.25) is 0 Å². The Morgan fingerprint density at radius 3 is 1.77 bits per heavy atom. The molecule has 11 heteroatoms. The highest BCUT2D eigenvalue weighted by Crippen LogP contribution is 2.05. The minimum absolute atomic E-state index is 0.184. The molecule has 0 atom stereocenters. The van der Waals surface area contributed by atoms with Gasteiger partial charge in [0.2, 0.25) is 0 Å². The van der Waals surface area contributed by atoms with Gasteiger partial charge < -0.3 is 9.47 Å². The Hall–Kier alpha value is -3.11. The Morgan fingerprint density at radius 1 is 1.00 bits per heavy atom. The van der Waals surface area contributed by atoms with Crippen molar-refractivity contribution in [2.75, 3.05) is 14.1 Å². The number of amides is 2. The molecule has 1 aromatic heterocycles. The Balaban J connectivity index is 2.55. The second-order valence-corrected chi connectivity index (χ2v) is 3.94. The Bertz CT molecular complexity index is 520. The predicted octanol–water partition coefficient (Wildman–Crippen LogP) is 1.58. The minimum atomic E-state index is -0.924. The molecule has 1 rings (SSSR count). The third-order valence-electron chi connectivity index (χ3n) is 2.32. The van der Waals surface area contributed by atoms with Gasteiger partial charge in [0.15, 0.2) is 0 Å². The van der Waals surface area contributed by atoms with Crippen molar-refractivity contribution < 1.29 is 19.1 Å². The van der Waals surface area contributed by atoms with E-state index >= 15 is 0 Å².